The van der Waals surface area contributed by atoms with Gasteiger partial charge >= 0.3 is 0 Å². The predicted molar refractivity (Wildman–Crippen MR) is 77.5 cm³/mol. The van der Waals surface area contributed by atoms with Gasteiger partial charge in [0.1, 0.15) is 5.38 Å². The van der Waals surface area contributed by atoms with E-state index in [9.17, 15) is 14.9 Å². The summed E-state index contributed by atoms with van der Waals surface area (Å²) < 4.78 is 0. The first-order valence-electron chi connectivity index (χ1n) is 5.67. The highest BCUT2D eigenvalue weighted by atomic mass is 35.5. The van der Waals surface area contributed by atoms with E-state index in [1.165, 1.54) is 24.3 Å². The number of hydrogen-bond donors (Lipinski definition) is 0. The fourth-order valence-corrected chi connectivity index (χ4v) is 2.07. The molecule has 0 N–H and O–H groups in total. The van der Waals surface area contributed by atoms with Crippen LogP contribution in [0.25, 0.3) is 0 Å². The molecular formula is C14H9Cl2NO3. The van der Waals surface area contributed by atoms with Crippen molar-refractivity contribution in [1.82, 2.24) is 0 Å². The second-order valence-corrected chi connectivity index (χ2v) is 4.96. The van der Waals surface area contributed by atoms with E-state index >= 15 is 0 Å². The van der Waals surface area contributed by atoms with Gasteiger partial charge in [-0.3, -0.25) is 14.9 Å². The number of ketones is 1. The van der Waals surface area contributed by atoms with Crippen molar-refractivity contribution in [3.05, 3.63) is 74.8 Å². The highest BCUT2D eigenvalue weighted by Gasteiger charge is 2.20. The zero-order valence-electron chi connectivity index (χ0n) is 10.1. The molecule has 0 aliphatic heterocycles. The fraction of sp³-hybridized carbons (Fsp3) is 0.0714. The number of rotatable bonds is 4. The molecule has 0 spiro atoms. The number of benzene rings is 2. The molecule has 1 atom stereocenters. The van der Waals surface area contributed by atoms with Crippen LogP contribution in [0.5, 0.6) is 0 Å². The topological polar surface area (TPSA) is 60.2 Å². The third kappa shape index (κ3) is 3.15. The Bertz CT molecular complexity index is 638. The molecule has 0 heterocycles. The smallest absolute Gasteiger partial charge is 0.269 e. The van der Waals surface area contributed by atoms with Gasteiger partial charge in [-0.25, -0.2) is 0 Å². The van der Waals surface area contributed by atoms with Crippen LogP contribution in [0.4, 0.5) is 5.69 Å². The first kappa shape index (κ1) is 14.5. The van der Waals surface area contributed by atoms with Crippen LogP contribution in [0.1, 0.15) is 21.3 Å². The van der Waals surface area contributed by atoms with Crippen LogP contribution >= 0.6 is 23.2 Å². The first-order valence-corrected chi connectivity index (χ1v) is 6.48. The highest BCUT2D eigenvalue weighted by Crippen LogP contribution is 2.27. The van der Waals surface area contributed by atoms with E-state index in [-0.39, 0.29) is 11.5 Å². The van der Waals surface area contributed by atoms with Crippen LogP contribution in [-0.4, -0.2) is 10.7 Å². The van der Waals surface area contributed by atoms with E-state index < -0.39 is 10.3 Å². The molecule has 0 aliphatic rings. The summed E-state index contributed by atoms with van der Waals surface area (Å²) in [5, 5.41) is 10.3. The van der Waals surface area contributed by atoms with Crippen LogP contribution in [-0.2, 0) is 0 Å². The van der Waals surface area contributed by atoms with Crippen LogP contribution in [0.15, 0.2) is 48.5 Å². The number of nitrogens with zero attached hydrogens (tertiary/aromatic N) is 1. The number of halogens is 2. The van der Waals surface area contributed by atoms with Gasteiger partial charge in [0.2, 0.25) is 0 Å². The van der Waals surface area contributed by atoms with E-state index in [1.807, 2.05) is 0 Å². The first-order chi connectivity index (χ1) is 9.49. The predicted octanol–water partition coefficient (Wildman–Crippen LogP) is 4.41. The van der Waals surface area contributed by atoms with Gasteiger partial charge in [-0.15, -0.1) is 11.6 Å². The molecule has 0 saturated carbocycles. The Morgan fingerprint density at radius 1 is 1.05 bits per heavy atom. The molecule has 4 nitrogen and oxygen atoms in total. The van der Waals surface area contributed by atoms with Gasteiger partial charge in [-0.1, -0.05) is 23.7 Å². The molecule has 0 fully saturated rings. The van der Waals surface area contributed by atoms with Crippen molar-refractivity contribution in [3.8, 4) is 0 Å². The summed E-state index contributed by atoms with van der Waals surface area (Å²) in [6, 6.07) is 12.0. The largest absolute Gasteiger partial charge is 0.292 e. The lowest BCUT2D eigenvalue weighted by atomic mass is 10.0. The molecule has 0 aliphatic carbocycles. The number of hydrogen-bond acceptors (Lipinski definition) is 3. The van der Waals surface area contributed by atoms with Crippen molar-refractivity contribution in [2.45, 2.75) is 5.38 Å². The van der Waals surface area contributed by atoms with E-state index in [1.54, 1.807) is 24.3 Å². The van der Waals surface area contributed by atoms with E-state index in [0.29, 0.717) is 16.1 Å². The van der Waals surface area contributed by atoms with Crippen LogP contribution in [0.2, 0.25) is 5.02 Å². The average Bonchev–Trinajstić information content (AvgIpc) is 2.46. The Hall–Kier alpha value is -1.91. The number of carbonyl (C=O) groups excluding carboxylic acids is 1. The van der Waals surface area contributed by atoms with Crippen molar-refractivity contribution < 1.29 is 9.72 Å². The van der Waals surface area contributed by atoms with Crippen LogP contribution < -0.4 is 0 Å². The molecule has 2 aromatic rings. The van der Waals surface area contributed by atoms with Crippen molar-refractivity contribution in [2.75, 3.05) is 0 Å². The van der Waals surface area contributed by atoms with Gasteiger partial charge < -0.3 is 0 Å². The van der Waals surface area contributed by atoms with Crippen molar-refractivity contribution >= 4 is 34.7 Å². The van der Waals surface area contributed by atoms with Crippen molar-refractivity contribution in [1.29, 1.82) is 0 Å². The molecule has 2 rings (SSSR count). The quantitative estimate of drug-likeness (QED) is 0.364. The monoisotopic (exact) mass is 309 g/mol. The van der Waals surface area contributed by atoms with Crippen LogP contribution in [0.3, 0.4) is 0 Å². The van der Waals surface area contributed by atoms with Gasteiger partial charge in [0.15, 0.2) is 5.78 Å². The second-order valence-electron chi connectivity index (χ2n) is 4.08. The number of Topliss-reactive ketones (excluding diaryl/α,β-unsaturated/α-hetero) is 1. The number of alkyl halides is 1. The number of nitro groups is 1. The summed E-state index contributed by atoms with van der Waals surface area (Å²) in [6.07, 6.45) is 0. The minimum atomic E-state index is -0.853. The molecule has 0 bridgehead atoms. The lowest BCUT2D eigenvalue weighted by Crippen LogP contribution is -2.07. The van der Waals surface area contributed by atoms with E-state index in [4.69, 9.17) is 23.2 Å². The van der Waals surface area contributed by atoms with E-state index in [2.05, 4.69) is 0 Å². The lowest BCUT2D eigenvalue weighted by Gasteiger charge is -2.09. The molecule has 20 heavy (non-hydrogen) atoms. The third-order valence-corrected chi connectivity index (χ3v) is 3.46. The molecule has 6 heteroatoms. The normalized spacial score (nSPS) is 11.9. The Balaban J connectivity index is 2.22. The summed E-state index contributed by atoms with van der Waals surface area (Å²) in [4.78, 5) is 22.2. The maximum Gasteiger partial charge on any atom is 0.269 e. The number of carbonyl (C=O) groups is 1. The zero-order chi connectivity index (χ0) is 14.7. The maximum atomic E-state index is 12.2. The SMILES string of the molecule is O=C(c1ccc([N+](=O)[O-])cc1)C(Cl)c1ccc(Cl)cc1. The molecule has 0 amide bonds. The van der Waals surface area contributed by atoms with Gasteiger partial charge in [0.05, 0.1) is 4.92 Å². The molecule has 0 saturated heterocycles. The van der Waals surface area contributed by atoms with Gasteiger partial charge in [0, 0.05) is 22.7 Å². The molecule has 0 radical (unpaired) electrons. The Labute approximate surface area is 125 Å². The van der Waals surface area contributed by atoms with Gasteiger partial charge in [0.25, 0.3) is 5.69 Å². The summed E-state index contributed by atoms with van der Waals surface area (Å²) in [5.74, 6) is -0.316. The van der Waals surface area contributed by atoms with E-state index in [0.717, 1.165) is 0 Å². The molecule has 102 valence electrons. The summed E-state index contributed by atoms with van der Waals surface area (Å²) >= 11 is 11.9. The van der Waals surface area contributed by atoms with Crippen molar-refractivity contribution in [2.24, 2.45) is 0 Å². The Kier molecular flexibility index (Phi) is 4.37. The molecule has 2 aromatic carbocycles. The average molecular weight is 310 g/mol. The Morgan fingerprint density at radius 3 is 2.10 bits per heavy atom. The second kappa shape index (κ2) is 6.03. The fourth-order valence-electron chi connectivity index (χ4n) is 1.68. The van der Waals surface area contributed by atoms with Crippen molar-refractivity contribution in [3.63, 3.8) is 0 Å². The number of nitro benzene ring substituents is 1. The Morgan fingerprint density at radius 2 is 1.60 bits per heavy atom. The summed E-state index contributed by atoms with van der Waals surface area (Å²) in [7, 11) is 0. The molecule has 1 unspecified atom stereocenters. The van der Waals surface area contributed by atoms with Gasteiger partial charge in [-0.05, 0) is 29.8 Å². The third-order valence-electron chi connectivity index (χ3n) is 2.76. The summed E-state index contributed by atoms with van der Waals surface area (Å²) in [5.41, 5.74) is 0.879. The van der Waals surface area contributed by atoms with Gasteiger partial charge in [-0.2, -0.15) is 0 Å². The minimum absolute atomic E-state index is 0.0702. The standard InChI is InChI=1S/C14H9Cl2NO3/c15-11-5-1-9(2-6-11)13(16)14(18)10-3-7-12(8-4-10)17(19)20/h1-8,13H. The highest BCUT2D eigenvalue weighted by molar-refractivity contribution is 6.34. The minimum Gasteiger partial charge on any atom is -0.292 e. The molecule has 0 aromatic heterocycles. The number of non-ortho nitro benzene ring substituents is 1. The summed E-state index contributed by atoms with van der Waals surface area (Å²) in [6.45, 7) is 0. The zero-order valence-corrected chi connectivity index (χ0v) is 11.6. The molecular weight excluding hydrogens is 301 g/mol. The van der Waals surface area contributed by atoms with Crippen LogP contribution in [0, 0.1) is 10.1 Å². The maximum absolute atomic E-state index is 12.2. The lowest BCUT2D eigenvalue weighted by molar-refractivity contribution is -0.384.